The number of nitrogens with zero attached hydrogens (tertiary/aromatic N) is 3. The summed E-state index contributed by atoms with van der Waals surface area (Å²) in [7, 11) is 5.66. The van der Waals surface area contributed by atoms with Gasteiger partial charge in [0.2, 0.25) is 5.88 Å². The van der Waals surface area contributed by atoms with Crippen molar-refractivity contribution >= 4 is 13.6 Å². The van der Waals surface area contributed by atoms with Crippen LogP contribution in [0.25, 0.3) is 0 Å². The quantitative estimate of drug-likeness (QED) is 0.595. The molecular weight excluding hydrogens is 297 g/mol. The highest BCUT2D eigenvalue weighted by Crippen LogP contribution is 2.21. The van der Waals surface area contributed by atoms with Gasteiger partial charge in [-0.25, -0.2) is 4.98 Å². The lowest BCUT2D eigenvalue weighted by Crippen LogP contribution is -2.28. The van der Waals surface area contributed by atoms with E-state index in [0.29, 0.717) is 11.5 Å². The van der Waals surface area contributed by atoms with Crippen molar-refractivity contribution in [3.63, 3.8) is 0 Å². The molecule has 1 atom stereocenters. The molecule has 0 saturated carbocycles. The van der Waals surface area contributed by atoms with Crippen LogP contribution in [0.4, 0.5) is 0 Å². The van der Waals surface area contributed by atoms with Crippen LogP contribution in [0.3, 0.4) is 0 Å². The normalized spacial score (nSPS) is 19.1. The van der Waals surface area contributed by atoms with E-state index in [9.17, 15) is 0 Å². The predicted octanol–water partition coefficient (Wildman–Crippen LogP) is 3.40. The lowest BCUT2D eigenvalue weighted by molar-refractivity contribution is 0.202. The monoisotopic (exact) mass is 321 g/mol. The minimum absolute atomic E-state index is 0.114. The van der Waals surface area contributed by atoms with Gasteiger partial charge in [-0.3, -0.25) is 4.99 Å². The van der Waals surface area contributed by atoms with E-state index in [4.69, 9.17) is 12.6 Å². The number of aliphatic imine (C=N–C) groups is 1. The molecule has 124 valence electrons. The summed E-state index contributed by atoms with van der Waals surface area (Å²) in [5.41, 5.74) is 3.29. The van der Waals surface area contributed by atoms with E-state index in [1.54, 1.807) is 0 Å². The minimum atomic E-state index is 0.114. The number of likely N-dealkylation sites (tertiary alicyclic amines) is 1. The molecule has 0 aliphatic carbocycles. The lowest BCUT2D eigenvalue weighted by Gasteiger charge is -2.22. The van der Waals surface area contributed by atoms with Crippen LogP contribution in [-0.2, 0) is 0 Å². The molecule has 1 aromatic heterocycles. The number of aryl methyl sites for hydroxylation is 1. The van der Waals surface area contributed by atoms with Crippen LogP contribution in [-0.4, -0.2) is 42.6 Å². The van der Waals surface area contributed by atoms with Crippen molar-refractivity contribution in [1.82, 2.24) is 9.88 Å². The average molecular weight is 321 g/mol. The fourth-order valence-corrected chi connectivity index (χ4v) is 2.72. The molecule has 0 spiro atoms. The van der Waals surface area contributed by atoms with Gasteiger partial charge in [0.15, 0.2) is 0 Å². The molecular formula is C19H24BN3O. The number of ether oxygens (including phenoxy) is 1. The fraction of sp³-hybridized carbons (Fsp3) is 0.368. The molecule has 1 fully saturated rings. The maximum absolute atomic E-state index is 6.00. The molecule has 1 saturated heterocycles. The van der Waals surface area contributed by atoms with Crippen LogP contribution in [0.1, 0.15) is 25.8 Å². The highest BCUT2D eigenvalue weighted by atomic mass is 16.5. The summed E-state index contributed by atoms with van der Waals surface area (Å²) < 4.78 is 6.00. The zero-order chi connectivity index (χ0) is 17.5. The molecule has 0 amide bonds. The van der Waals surface area contributed by atoms with Crippen molar-refractivity contribution in [3.05, 3.63) is 60.0 Å². The maximum atomic E-state index is 6.00. The van der Waals surface area contributed by atoms with Crippen LogP contribution in [0.2, 0.25) is 0 Å². The van der Waals surface area contributed by atoms with Crippen molar-refractivity contribution in [2.45, 2.75) is 33.3 Å². The third-order valence-corrected chi connectivity index (χ3v) is 3.78. The first-order valence-electron chi connectivity index (χ1n) is 8.20. The second kappa shape index (κ2) is 8.53. The summed E-state index contributed by atoms with van der Waals surface area (Å²) >= 11 is 0. The molecule has 2 rings (SSSR count). The van der Waals surface area contributed by atoms with E-state index in [2.05, 4.69) is 21.5 Å². The topological polar surface area (TPSA) is 37.7 Å². The van der Waals surface area contributed by atoms with Gasteiger partial charge < -0.3 is 9.64 Å². The maximum Gasteiger partial charge on any atom is 0.213 e. The Hall–Kier alpha value is -2.30. The molecule has 1 unspecified atom stereocenters. The second-order valence-electron chi connectivity index (χ2n) is 5.81. The Morgan fingerprint density at radius 1 is 1.46 bits per heavy atom. The Morgan fingerprint density at radius 3 is 2.83 bits per heavy atom. The van der Waals surface area contributed by atoms with Crippen LogP contribution < -0.4 is 4.74 Å². The van der Waals surface area contributed by atoms with Gasteiger partial charge in [0.1, 0.15) is 14.0 Å². The van der Waals surface area contributed by atoms with Crippen LogP contribution in [0.15, 0.2) is 59.4 Å². The Labute approximate surface area is 146 Å². The van der Waals surface area contributed by atoms with Crippen molar-refractivity contribution in [2.75, 3.05) is 13.1 Å². The summed E-state index contributed by atoms with van der Waals surface area (Å²) in [5, 5.41) is 0. The first-order valence-corrected chi connectivity index (χ1v) is 8.20. The van der Waals surface area contributed by atoms with Gasteiger partial charge in [0.25, 0.3) is 0 Å². The molecule has 0 aromatic carbocycles. The Morgan fingerprint density at radius 2 is 2.25 bits per heavy atom. The predicted molar refractivity (Wildman–Crippen MR) is 100 cm³/mol. The van der Waals surface area contributed by atoms with Crippen LogP contribution in [0.5, 0.6) is 5.88 Å². The standard InChI is InChI=1S/C19H24BN3O/c1-5-7-17(22-15(4)20)18(6-2)23-11-10-16(13-23)24-19-9-8-14(3)12-21-19/h5-9,12,16H,4,10-11,13H2,1-3H3/b7-5+,18-6+,22-17-. The highest BCUT2D eigenvalue weighted by molar-refractivity contribution is 6.23. The van der Waals surface area contributed by atoms with Crippen molar-refractivity contribution in [2.24, 2.45) is 4.99 Å². The summed E-state index contributed by atoms with van der Waals surface area (Å²) in [6, 6.07) is 3.93. The Kier molecular flexibility index (Phi) is 6.41. The first-order chi connectivity index (χ1) is 11.5. The van der Waals surface area contributed by atoms with Gasteiger partial charge in [-0.1, -0.05) is 24.8 Å². The summed E-state index contributed by atoms with van der Waals surface area (Å²) in [5.74, 6) is 0.673. The van der Waals surface area contributed by atoms with E-state index >= 15 is 0 Å². The van der Waals surface area contributed by atoms with Crippen molar-refractivity contribution < 1.29 is 4.74 Å². The number of allylic oxidation sites excluding steroid dienone is 3. The first kappa shape index (κ1) is 18.0. The molecule has 2 radical (unpaired) electrons. The zero-order valence-electron chi connectivity index (χ0n) is 14.7. The highest BCUT2D eigenvalue weighted by Gasteiger charge is 2.27. The number of aromatic nitrogens is 1. The van der Waals surface area contributed by atoms with E-state index in [-0.39, 0.29) is 6.10 Å². The van der Waals surface area contributed by atoms with Crippen LogP contribution in [0, 0.1) is 6.92 Å². The van der Waals surface area contributed by atoms with E-state index in [1.807, 2.05) is 57.3 Å². The molecule has 1 aliphatic heterocycles. The van der Waals surface area contributed by atoms with Gasteiger partial charge in [0, 0.05) is 25.2 Å². The van der Waals surface area contributed by atoms with Crippen molar-refractivity contribution in [3.8, 4) is 5.88 Å². The number of hydrogen-bond acceptors (Lipinski definition) is 4. The Balaban J connectivity index is 2.07. The summed E-state index contributed by atoms with van der Waals surface area (Å²) in [6.07, 6.45) is 8.83. The Bertz CT molecular complexity index is 662. The average Bonchev–Trinajstić information content (AvgIpc) is 2.98. The second-order valence-corrected chi connectivity index (χ2v) is 5.81. The third-order valence-electron chi connectivity index (χ3n) is 3.78. The number of hydrogen-bond donors (Lipinski definition) is 0. The lowest BCUT2D eigenvalue weighted by atomic mass is 10.1. The molecule has 1 aliphatic rings. The fourth-order valence-electron chi connectivity index (χ4n) is 2.72. The number of pyridine rings is 1. The van der Waals surface area contributed by atoms with E-state index in [0.717, 1.165) is 36.5 Å². The van der Waals surface area contributed by atoms with E-state index < -0.39 is 0 Å². The molecule has 24 heavy (non-hydrogen) atoms. The van der Waals surface area contributed by atoms with Gasteiger partial charge in [-0.15, -0.1) is 0 Å². The molecule has 0 bridgehead atoms. The molecule has 4 nitrogen and oxygen atoms in total. The summed E-state index contributed by atoms with van der Waals surface area (Å²) in [6.45, 7) is 11.4. The van der Waals surface area contributed by atoms with Gasteiger partial charge in [-0.05, 0) is 38.0 Å². The van der Waals surface area contributed by atoms with Gasteiger partial charge in [0.05, 0.1) is 18.0 Å². The minimum Gasteiger partial charge on any atom is -0.472 e. The molecule has 1 aromatic rings. The molecule has 0 N–H and O–H groups in total. The molecule has 2 heterocycles. The van der Waals surface area contributed by atoms with Gasteiger partial charge >= 0.3 is 0 Å². The smallest absolute Gasteiger partial charge is 0.213 e. The van der Waals surface area contributed by atoms with E-state index in [1.165, 1.54) is 0 Å². The largest absolute Gasteiger partial charge is 0.472 e. The van der Waals surface area contributed by atoms with Crippen molar-refractivity contribution in [1.29, 1.82) is 0 Å². The third kappa shape index (κ3) is 4.85. The zero-order valence-corrected chi connectivity index (χ0v) is 14.7. The van der Waals surface area contributed by atoms with Gasteiger partial charge in [-0.2, -0.15) is 0 Å². The van der Waals surface area contributed by atoms with Crippen LogP contribution >= 0.6 is 0 Å². The molecule has 5 heteroatoms. The number of rotatable bonds is 6. The SMILES string of the molecule is [B]C(=C)/N=C(/C=C/C)C(=C/C)\N1CCC(Oc2ccc(C)cn2)C1. The summed E-state index contributed by atoms with van der Waals surface area (Å²) in [4.78, 5) is 10.9.